The Bertz CT molecular complexity index is 696. The van der Waals surface area contributed by atoms with Crippen LogP contribution in [0.3, 0.4) is 0 Å². The van der Waals surface area contributed by atoms with Gasteiger partial charge in [-0.2, -0.15) is 0 Å². The average Bonchev–Trinajstić information content (AvgIpc) is 2.96. The molecular weight excluding hydrogens is 536 g/mol. The number of ether oxygens (including phenoxy) is 1. The van der Waals surface area contributed by atoms with E-state index in [-0.39, 0.29) is 12.8 Å². The zero-order valence-electron chi connectivity index (χ0n) is 29.0. The lowest BCUT2D eigenvalue weighted by molar-refractivity contribution is -0.165. The molecule has 0 aliphatic heterocycles. The largest absolute Gasteiger partial charge is 0.390 e. The Kier molecular flexibility index (Phi) is 29.4. The number of hydrogen-bond acceptors (Lipinski definition) is 5. The molecule has 0 fully saturated rings. The highest BCUT2D eigenvalue weighted by molar-refractivity contribution is 6.62. The quantitative estimate of drug-likeness (QED) is 0.0329. The van der Waals surface area contributed by atoms with Gasteiger partial charge in [-0.3, -0.25) is 14.4 Å². The molecule has 0 atom stereocenters. The molecule has 252 valence electrons. The predicted molar refractivity (Wildman–Crippen MR) is 180 cm³/mol. The van der Waals surface area contributed by atoms with Crippen LogP contribution in [-0.4, -0.2) is 23.5 Å². The molecule has 0 aromatic carbocycles. The highest BCUT2D eigenvalue weighted by atomic mass is 16.6. The van der Waals surface area contributed by atoms with E-state index in [1.807, 2.05) is 0 Å². The number of carbonyl (C=O) groups excluding carboxylic acids is 4. The van der Waals surface area contributed by atoms with Crippen LogP contribution < -0.4 is 0 Å². The Balaban J connectivity index is 3.55. The number of rotatable bonds is 32. The van der Waals surface area contributed by atoms with Crippen LogP contribution in [0.15, 0.2) is 0 Å². The molecule has 0 spiro atoms. The van der Waals surface area contributed by atoms with Crippen LogP contribution in [0, 0.1) is 11.8 Å². The molecule has 0 radical (unpaired) electrons. The molecule has 5 heteroatoms. The van der Waals surface area contributed by atoms with Gasteiger partial charge in [0.05, 0.1) is 0 Å². The SMILES string of the molecule is CC(C)CCCCCCCCCCCCCCC(=O)OC(=O)C(=O)C(=O)CCCCCCCCCCCCCCC(C)C. The van der Waals surface area contributed by atoms with E-state index in [1.165, 1.54) is 116 Å². The molecule has 0 N–H and O–H groups in total. The Morgan fingerprint density at radius 2 is 0.674 bits per heavy atom. The molecule has 5 nitrogen and oxygen atoms in total. The van der Waals surface area contributed by atoms with E-state index in [9.17, 15) is 19.2 Å². The summed E-state index contributed by atoms with van der Waals surface area (Å²) in [5.41, 5.74) is 0. The second kappa shape index (κ2) is 30.5. The molecule has 0 unspecified atom stereocenters. The third-order valence-electron chi connectivity index (χ3n) is 8.49. The molecule has 0 heterocycles. The van der Waals surface area contributed by atoms with Crippen molar-refractivity contribution < 1.29 is 23.9 Å². The number of esters is 2. The van der Waals surface area contributed by atoms with Gasteiger partial charge in [0, 0.05) is 12.8 Å². The summed E-state index contributed by atoms with van der Waals surface area (Å²) >= 11 is 0. The zero-order chi connectivity index (χ0) is 32.0. The van der Waals surface area contributed by atoms with Gasteiger partial charge in [-0.1, -0.05) is 182 Å². The lowest BCUT2D eigenvalue weighted by atomic mass is 10.0. The monoisotopic (exact) mass is 607 g/mol. The number of Topliss-reactive ketones (excluding diaryl/α,β-unsaturated/α-hetero) is 2. The van der Waals surface area contributed by atoms with E-state index in [2.05, 4.69) is 32.4 Å². The van der Waals surface area contributed by atoms with Crippen molar-refractivity contribution in [3.63, 3.8) is 0 Å². The van der Waals surface area contributed by atoms with Crippen LogP contribution in [0.2, 0.25) is 0 Å². The minimum atomic E-state index is -1.31. The number of ketones is 2. The Hall–Kier alpha value is -1.52. The van der Waals surface area contributed by atoms with Gasteiger partial charge in [0.15, 0.2) is 0 Å². The van der Waals surface area contributed by atoms with Crippen molar-refractivity contribution in [2.75, 3.05) is 0 Å². The van der Waals surface area contributed by atoms with Crippen molar-refractivity contribution in [2.45, 2.75) is 207 Å². The third-order valence-corrected chi connectivity index (χ3v) is 8.49. The number of unbranched alkanes of at least 4 members (excludes halogenated alkanes) is 22. The fraction of sp³-hybridized carbons (Fsp3) is 0.895. The van der Waals surface area contributed by atoms with Gasteiger partial charge in [0.25, 0.3) is 0 Å². The van der Waals surface area contributed by atoms with Gasteiger partial charge < -0.3 is 4.74 Å². The average molecular weight is 607 g/mol. The van der Waals surface area contributed by atoms with Crippen molar-refractivity contribution in [3.05, 3.63) is 0 Å². The molecule has 0 aliphatic carbocycles. The van der Waals surface area contributed by atoms with E-state index < -0.39 is 23.5 Å². The molecule has 0 amide bonds. The molecule has 0 aromatic rings. The van der Waals surface area contributed by atoms with Crippen LogP contribution >= 0.6 is 0 Å². The van der Waals surface area contributed by atoms with Gasteiger partial charge in [0.1, 0.15) is 0 Å². The minimum absolute atomic E-state index is 0.0528. The lowest BCUT2D eigenvalue weighted by Crippen LogP contribution is -2.28. The fourth-order valence-electron chi connectivity index (χ4n) is 5.62. The molecule has 0 bridgehead atoms. The maximum Gasteiger partial charge on any atom is 0.390 e. The normalized spacial score (nSPS) is 11.4. The number of carbonyl (C=O) groups is 4. The molecule has 43 heavy (non-hydrogen) atoms. The summed E-state index contributed by atoms with van der Waals surface area (Å²) in [6, 6.07) is 0. The Labute approximate surface area is 266 Å². The summed E-state index contributed by atoms with van der Waals surface area (Å²) in [7, 11) is 0. The first-order valence-electron chi connectivity index (χ1n) is 18.6. The summed E-state index contributed by atoms with van der Waals surface area (Å²) in [5, 5.41) is 0. The second-order valence-electron chi connectivity index (χ2n) is 13.9. The van der Waals surface area contributed by atoms with E-state index in [0.29, 0.717) is 12.8 Å². The van der Waals surface area contributed by atoms with E-state index in [1.54, 1.807) is 0 Å². The first-order chi connectivity index (χ1) is 20.7. The smallest absolute Gasteiger partial charge is 0.387 e. The van der Waals surface area contributed by atoms with Crippen molar-refractivity contribution in [2.24, 2.45) is 11.8 Å². The van der Waals surface area contributed by atoms with Crippen molar-refractivity contribution in [3.8, 4) is 0 Å². The first kappa shape index (κ1) is 41.5. The van der Waals surface area contributed by atoms with Gasteiger partial charge in [-0.05, 0) is 24.7 Å². The fourth-order valence-corrected chi connectivity index (χ4v) is 5.62. The summed E-state index contributed by atoms with van der Waals surface area (Å²) in [6.07, 6.45) is 31.5. The zero-order valence-corrected chi connectivity index (χ0v) is 29.0. The Morgan fingerprint density at radius 1 is 0.395 bits per heavy atom. The molecule has 0 saturated heterocycles. The topological polar surface area (TPSA) is 77.5 Å². The minimum Gasteiger partial charge on any atom is -0.387 e. The molecule has 0 saturated carbocycles. The van der Waals surface area contributed by atoms with Gasteiger partial charge in [-0.15, -0.1) is 0 Å². The highest BCUT2D eigenvalue weighted by Crippen LogP contribution is 2.16. The summed E-state index contributed by atoms with van der Waals surface area (Å²) < 4.78 is 4.63. The summed E-state index contributed by atoms with van der Waals surface area (Å²) in [6.45, 7) is 9.17. The van der Waals surface area contributed by atoms with Crippen LogP contribution in [-0.2, 0) is 23.9 Å². The van der Waals surface area contributed by atoms with E-state index >= 15 is 0 Å². The van der Waals surface area contributed by atoms with Gasteiger partial charge in [-0.25, -0.2) is 4.79 Å². The predicted octanol–water partition coefficient (Wildman–Crippen LogP) is 11.4. The number of hydrogen-bond donors (Lipinski definition) is 0. The van der Waals surface area contributed by atoms with Gasteiger partial charge >= 0.3 is 17.7 Å². The second-order valence-corrected chi connectivity index (χ2v) is 13.9. The molecule has 0 rings (SSSR count). The highest BCUT2D eigenvalue weighted by Gasteiger charge is 2.25. The maximum atomic E-state index is 12.0. The van der Waals surface area contributed by atoms with Crippen LogP contribution in [0.4, 0.5) is 0 Å². The van der Waals surface area contributed by atoms with E-state index in [0.717, 1.165) is 50.4 Å². The molecule has 0 aliphatic rings. The Morgan fingerprint density at radius 3 is 1.00 bits per heavy atom. The summed E-state index contributed by atoms with van der Waals surface area (Å²) in [4.78, 5) is 47.9. The van der Waals surface area contributed by atoms with Crippen molar-refractivity contribution >= 4 is 23.5 Å². The van der Waals surface area contributed by atoms with Crippen molar-refractivity contribution in [1.29, 1.82) is 0 Å². The van der Waals surface area contributed by atoms with Crippen LogP contribution in [0.5, 0.6) is 0 Å². The van der Waals surface area contributed by atoms with Crippen LogP contribution in [0.1, 0.15) is 207 Å². The van der Waals surface area contributed by atoms with Crippen molar-refractivity contribution in [1.82, 2.24) is 0 Å². The summed E-state index contributed by atoms with van der Waals surface area (Å²) in [5.74, 6) is -2.29. The van der Waals surface area contributed by atoms with E-state index in [4.69, 9.17) is 0 Å². The standard InChI is InChI=1S/C38H70O5/c1-33(2)29-25-21-17-13-9-5-7-11-15-19-23-27-31-35(39)37(41)38(42)43-36(40)32-28-24-20-16-12-8-6-10-14-18-22-26-30-34(3)4/h33-34H,5-32H2,1-4H3. The first-order valence-corrected chi connectivity index (χ1v) is 18.6. The molecular formula is C38H70O5. The van der Waals surface area contributed by atoms with Crippen LogP contribution in [0.25, 0.3) is 0 Å². The third kappa shape index (κ3) is 30.3. The molecule has 0 aromatic heterocycles. The van der Waals surface area contributed by atoms with Gasteiger partial charge in [0.2, 0.25) is 5.78 Å². The maximum absolute atomic E-state index is 12.0. The lowest BCUT2D eigenvalue weighted by Gasteiger charge is -2.05.